The molecule has 0 saturated carbocycles. The summed E-state index contributed by atoms with van der Waals surface area (Å²) in [5, 5.41) is 2.79. The van der Waals surface area contributed by atoms with E-state index < -0.39 is 0 Å². The molecule has 2 aromatic rings. The second-order valence-corrected chi connectivity index (χ2v) is 6.23. The molecule has 1 aliphatic heterocycles. The fourth-order valence-electron chi connectivity index (χ4n) is 2.22. The molecule has 0 spiro atoms. The van der Waals surface area contributed by atoms with Crippen LogP contribution >= 0.6 is 11.8 Å². The number of anilines is 1. The first-order valence-electron chi connectivity index (χ1n) is 7.17. The molecule has 1 saturated heterocycles. The lowest BCUT2D eigenvalue weighted by Crippen LogP contribution is -2.20. The van der Waals surface area contributed by atoms with Gasteiger partial charge in [0.1, 0.15) is 17.5 Å². The first-order valence-corrected chi connectivity index (χ1v) is 8.32. The molecule has 3 heterocycles. The van der Waals surface area contributed by atoms with Gasteiger partial charge in [0, 0.05) is 17.6 Å². The molecule has 0 unspecified atom stereocenters. The van der Waals surface area contributed by atoms with Crippen molar-refractivity contribution in [1.29, 1.82) is 0 Å². The summed E-state index contributed by atoms with van der Waals surface area (Å²) in [4.78, 5) is 20.9. The maximum atomic E-state index is 12.4. The molecule has 114 valence electrons. The third kappa shape index (κ3) is 3.57. The van der Waals surface area contributed by atoms with Crippen LogP contribution in [0.25, 0.3) is 0 Å². The van der Waals surface area contributed by atoms with Crippen molar-refractivity contribution in [3.8, 4) is 5.88 Å². The highest BCUT2D eigenvalue weighted by molar-refractivity contribution is 7.99. The predicted molar refractivity (Wildman–Crippen MR) is 87.5 cm³/mol. The van der Waals surface area contributed by atoms with Gasteiger partial charge >= 0.3 is 0 Å². The molecule has 0 aromatic carbocycles. The third-order valence-electron chi connectivity index (χ3n) is 3.31. The van der Waals surface area contributed by atoms with Crippen molar-refractivity contribution in [2.45, 2.75) is 19.4 Å². The summed E-state index contributed by atoms with van der Waals surface area (Å²) in [6.45, 7) is 1.88. The Morgan fingerprint density at radius 2 is 2.27 bits per heavy atom. The maximum Gasteiger partial charge on any atom is 0.262 e. The Balaban J connectivity index is 1.76. The Labute approximate surface area is 133 Å². The lowest BCUT2D eigenvalue weighted by atomic mass is 10.2. The number of thioether (sulfide) groups is 1. The van der Waals surface area contributed by atoms with Gasteiger partial charge in [-0.25, -0.2) is 9.97 Å². The van der Waals surface area contributed by atoms with Crippen LogP contribution in [0, 0.1) is 6.92 Å². The van der Waals surface area contributed by atoms with E-state index in [4.69, 9.17) is 4.74 Å². The van der Waals surface area contributed by atoms with Gasteiger partial charge in [-0.1, -0.05) is 6.07 Å². The molecule has 1 aliphatic rings. The Morgan fingerprint density at radius 1 is 1.36 bits per heavy atom. The Kier molecular flexibility index (Phi) is 4.58. The van der Waals surface area contributed by atoms with E-state index in [0.717, 1.165) is 23.6 Å². The molecule has 6 heteroatoms. The first-order chi connectivity index (χ1) is 10.7. The monoisotopic (exact) mass is 315 g/mol. The molecule has 3 rings (SSSR count). The van der Waals surface area contributed by atoms with E-state index in [0.29, 0.717) is 17.3 Å². The second kappa shape index (κ2) is 6.79. The number of ether oxygens (including phenoxy) is 1. The number of nitrogens with zero attached hydrogens (tertiary/aromatic N) is 2. The summed E-state index contributed by atoms with van der Waals surface area (Å²) in [6.07, 6.45) is 2.75. The number of aromatic nitrogens is 2. The highest BCUT2D eigenvalue weighted by Crippen LogP contribution is 2.24. The van der Waals surface area contributed by atoms with E-state index in [9.17, 15) is 4.79 Å². The Bertz CT molecular complexity index is 672. The molecule has 1 fully saturated rings. The van der Waals surface area contributed by atoms with Crippen LogP contribution in [0.5, 0.6) is 5.88 Å². The van der Waals surface area contributed by atoms with Gasteiger partial charge < -0.3 is 10.1 Å². The Hall–Kier alpha value is -2.08. The molecule has 22 heavy (non-hydrogen) atoms. The summed E-state index contributed by atoms with van der Waals surface area (Å²) in [7, 11) is 0. The number of carbonyl (C=O) groups excluding carboxylic acids is 1. The average Bonchev–Trinajstić information content (AvgIpc) is 3.01. The normalized spacial score (nSPS) is 17.2. The molecule has 1 atom stereocenters. The van der Waals surface area contributed by atoms with Crippen LogP contribution in [0.4, 0.5) is 5.82 Å². The molecule has 1 amide bonds. The van der Waals surface area contributed by atoms with Crippen LogP contribution in [-0.4, -0.2) is 33.5 Å². The summed E-state index contributed by atoms with van der Waals surface area (Å²) in [5.74, 6) is 2.69. The van der Waals surface area contributed by atoms with Crippen molar-refractivity contribution < 1.29 is 9.53 Å². The standard InChI is InChI=1S/C16H17N3O2S/c1-11-4-2-6-14(18-11)19-15(20)13-5-3-8-17-16(13)21-12-7-9-22-10-12/h2-6,8,12H,7,9-10H2,1H3,(H,18,19,20)/t12-/m0/s1. The number of nitrogens with one attached hydrogen (secondary N) is 1. The Morgan fingerprint density at radius 3 is 3.05 bits per heavy atom. The third-order valence-corrected chi connectivity index (χ3v) is 4.44. The SMILES string of the molecule is Cc1cccc(NC(=O)c2cccnc2O[C@H]2CCSC2)n1. The maximum absolute atomic E-state index is 12.4. The molecule has 1 N–H and O–H groups in total. The lowest BCUT2D eigenvalue weighted by molar-refractivity contribution is 0.101. The first kappa shape index (κ1) is 14.8. The van der Waals surface area contributed by atoms with Gasteiger partial charge in [0.2, 0.25) is 5.88 Å². The van der Waals surface area contributed by atoms with Crippen LogP contribution < -0.4 is 10.1 Å². The van der Waals surface area contributed by atoms with E-state index in [1.54, 1.807) is 24.4 Å². The van der Waals surface area contributed by atoms with Crippen molar-refractivity contribution in [3.05, 3.63) is 47.8 Å². The minimum atomic E-state index is -0.258. The average molecular weight is 315 g/mol. The van der Waals surface area contributed by atoms with E-state index >= 15 is 0 Å². The number of hydrogen-bond acceptors (Lipinski definition) is 5. The topological polar surface area (TPSA) is 64.1 Å². The van der Waals surface area contributed by atoms with Crippen LogP contribution in [0.15, 0.2) is 36.5 Å². The van der Waals surface area contributed by atoms with E-state index in [1.165, 1.54) is 0 Å². The highest BCUT2D eigenvalue weighted by atomic mass is 32.2. The number of pyridine rings is 2. The molecular formula is C16H17N3O2S. The number of amides is 1. The number of hydrogen-bond donors (Lipinski definition) is 1. The van der Waals surface area contributed by atoms with Crippen LogP contribution in [0.2, 0.25) is 0 Å². The number of rotatable bonds is 4. The minimum absolute atomic E-state index is 0.128. The fourth-order valence-corrected chi connectivity index (χ4v) is 3.31. The molecule has 2 aromatic heterocycles. The van der Waals surface area contributed by atoms with Gasteiger partial charge in [0.15, 0.2) is 0 Å². The van der Waals surface area contributed by atoms with Crippen molar-refractivity contribution in [2.24, 2.45) is 0 Å². The molecule has 0 bridgehead atoms. The smallest absolute Gasteiger partial charge is 0.262 e. The number of carbonyl (C=O) groups is 1. The number of aryl methyl sites for hydroxylation is 1. The lowest BCUT2D eigenvalue weighted by Gasteiger charge is -2.14. The summed E-state index contributed by atoms with van der Waals surface area (Å²) < 4.78 is 5.88. The molecule has 0 aliphatic carbocycles. The van der Waals surface area contributed by atoms with Crippen LogP contribution in [0.3, 0.4) is 0 Å². The quantitative estimate of drug-likeness (QED) is 0.940. The highest BCUT2D eigenvalue weighted by Gasteiger charge is 2.21. The van der Waals surface area contributed by atoms with Gasteiger partial charge in [-0.15, -0.1) is 0 Å². The van der Waals surface area contributed by atoms with E-state index in [1.807, 2.05) is 30.8 Å². The van der Waals surface area contributed by atoms with Crippen molar-refractivity contribution in [2.75, 3.05) is 16.8 Å². The zero-order valence-electron chi connectivity index (χ0n) is 12.3. The summed E-state index contributed by atoms with van der Waals surface area (Å²) in [5.41, 5.74) is 1.28. The minimum Gasteiger partial charge on any atom is -0.473 e. The van der Waals surface area contributed by atoms with Gasteiger partial charge in [-0.2, -0.15) is 11.8 Å². The summed E-state index contributed by atoms with van der Waals surface area (Å²) >= 11 is 1.86. The zero-order chi connectivity index (χ0) is 15.4. The van der Waals surface area contributed by atoms with Gasteiger partial charge in [-0.05, 0) is 43.4 Å². The predicted octanol–water partition coefficient (Wildman–Crippen LogP) is 2.92. The fraction of sp³-hybridized carbons (Fsp3) is 0.312. The molecular weight excluding hydrogens is 298 g/mol. The van der Waals surface area contributed by atoms with Crippen molar-refractivity contribution in [3.63, 3.8) is 0 Å². The van der Waals surface area contributed by atoms with Gasteiger partial charge in [0.05, 0.1) is 0 Å². The largest absolute Gasteiger partial charge is 0.473 e. The molecule has 5 nitrogen and oxygen atoms in total. The van der Waals surface area contributed by atoms with Crippen LogP contribution in [0.1, 0.15) is 22.5 Å². The second-order valence-electron chi connectivity index (χ2n) is 5.08. The van der Waals surface area contributed by atoms with Gasteiger partial charge in [-0.3, -0.25) is 4.79 Å². The molecule has 0 radical (unpaired) electrons. The van der Waals surface area contributed by atoms with Crippen LogP contribution in [-0.2, 0) is 0 Å². The van der Waals surface area contributed by atoms with E-state index in [2.05, 4.69) is 15.3 Å². The zero-order valence-corrected chi connectivity index (χ0v) is 13.1. The van der Waals surface area contributed by atoms with Crippen molar-refractivity contribution >= 4 is 23.5 Å². The summed E-state index contributed by atoms with van der Waals surface area (Å²) in [6, 6.07) is 8.94. The van der Waals surface area contributed by atoms with Gasteiger partial charge in [0.25, 0.3) is 5.91 Å². The van der Waals surface area contributed by atoms with Crippen molar-refractivity contribution in [1.82, 2.24) is 9.97 Å². The van der Waals surface area contributed by atoms with E-state index in [-0.39, 0.29) is 12.0 Å².